The number of ether oxygens (including phenoxy) is 3. The van der Waals surface area contributed by atoms with Gasteiger partial charge in [-0.1, -0.05) is 19.9 Å². The quantitative estimate of drug-likeness (QED) is 0.767. The molecule has 0 unspecified atom stereocenters. The molecule has 3 atom stereocenters. The molecule has 1 aromatic carbocycles. The maximum atomic E-state index is 14.3. The summed E-state index contributed by atoms with van der Waals surface area (Å²) < 4.78 is 31.0. The lowest BCUT2D eigenvalue weighted by Crippen LogP contribution is -2.46. The topological polar surface area (TPSA) is 44.8 Å². The first-order chi connectivity index (χ1) is 12.0. The number of benzene rings is 1. The van der Waals surface area contributed by atoms with Gasteiger partial charge in [-0.05, 0) is 29.7 Å². The van der Waals surface area contributed by atoms with Gasteiger partial charge in [0, 0.05) is 18.6 Å². The zero-order valence-electron chi connectivity index (χ0n) is 14.7. The highest BCUT2D eigenvalue weighted by molar-refractivity contribution is 8.00. The number of allylic oxidation sites excluding steroid dienone is 1. The summed E-state index contributed by atoms with van der Waals surface area (Å²) in [7, 11) is 1.52. The Labute approximate surface area is 151 Å². The van der Waals surface area contributed by atoms with Crippen molar-refractivity contribution in [2.24, 2.45) is 5.92 Å². The van der Waals surface area contributed by atoms with Crippen molar-refractivity contribution in [1.29, 1.82) is 0 Å². The lowest BCUT2D eigenvalue weighted by molar-refractivity contribution is -0.117. The van der Waals surface area contributed by atoms with Crippen LogP contribution in [0.3, 0.4) is 0 Å². The van der Waals surface area contributed by atoms with Gasteiger partial charge in [0.05, 0.1) is 12.4 Å². The Kier molecular flexibility index (Phi) is 5.39. The molecule has 0 radical (unpaired) electrons. The van der Waals surface area contributed by atoms with Gasteiger partial charge in [0.1, 0.15) is 22.9 Å². The molecule has 0 bridgehead atoms. The molecule has 0 N–H and O–H groups in total. The minimum absolute atomic E-state index is 0.0304. The van der Waals surface area contributed by atoms with Crippen LogP contribution in [0.4, 0.5) is 4.39 Å². The number of rotatable bonds is 6. The second-order valence-electron chi connectivity index (χ2n) is 6.42. The summed E-state index contributed by atoms with van der Waals surface area (Å²) in [5.74, 6) is 1.70. The van der Waals surface area contributed by atoms with Gasteiger partial charge in [-0.2, -0.15) is 11.8 Å². The molecule has 4 nitrogen and oxygen atoms in total. The van der Waals surface area contributed by atoms with Crippen LogP contribution in [0.25, 0.3) is 0 Å². The smallest absolute Gasteiger partial charge is 0.189 e. The molecule has 25 heavy (non-hydrogen) atoms. The molecular weight excluding hydrogens is 343 g/mol. The van der Waals surface area contributed by atoms with E-state index in [1.165, 1.54) is 13.2 Å². The van der Waals surface area contributed by atoms with Crippen LogP contribution in [0.2, 0.25) is 0 Å². The van der Waals surface area contributed by atoms with Gasteiger partial charge < -0.3 is 14.2 Å². The molecule has 1 fully saturated rings. The van der Waals surface area contributed by atoms with E-state index in [1.54, 1.807) is 30.0 Å². The molecule has 2 aliphatic rings. The Morgan fingerprint density at radius 1 is 1.48 bits per heavy atom. The van der Waals surface area contributed by atoms with Crippen molar-refractivity contribution in [3.05, 3.63) is 41.4 Å². The fourth-order valence-electron chi connectivity index (χ4n) is 3.56. The van der Waals surface area contributed by atoms with Gasteiger partial charge in [-0.15, -0.1) is 0 Å². The molecule has 1 heterocycles. The molecule has 3 rings (SSSR count). The zero-order chi connectivity index (χ0) is 18.0. The fraction of sp³-hybridized carbons (Fsp3) is 0.526. The van der Waals surface area contributed by atoms with Gasteiger partial charge in [-0.3, -0.25) is 4.79 Å². The van der Waals surface area contributed by atoms with Crippen LogP contribution in [0, 0.1) is 11.7 Å². The fourth-order valence-corrected chi connectivity index (χ4v) is 4.56. The second kappa shape index (κ2) is 7.38. The number of ketones is 1. The highest BCUT2D eigenvalue weighted by Gasteiger charge is 2.52. The van der Waals surface area contributed by atoms with E-state index in [2.05, 4.69) is 0 Å². The molecule has 1 aromatic rings. The van der Waals surface area contributed by atoms with Gasteiger partial charge in [0.2, 0.25) is 0 Å². The van der Waals surface area contributed by atoms with Gasteiger partial charge >= 0.3 is 0 Å². The van der Waals surface area contributed by atoms with Crippen molar-refractivity contribution >= 4 is 17.5 Å². The first-order valence-electron chi connectivity index (χ1n) is 8.47. The summed E-state index contributed by atoms with van der Waals surface area (Å²) in [5.41, 5.74) is -0.0539. The van der Waals surface area contributed by atoms with Crippen molar-refractivity contribution in [3.8, 4) is 5.75 Å². The Morgan fingerprint density at radius 2 is 2.28 bits per heavy atom. The van der Waals surface area contributed by atoms with Crippen molar-refractivity contribution in [3.63, 3.8) is 0 Å². The van der Waals surface area contributed by atoms with E-state index in [0.717, 1.165) is 5.75 Å². The molecular formula is C19H23FO4S. The average Bonchev–Trinajstić information content (AvgIpc) is 3.01. The number of hydrogen-bond donors (Lipinski definition) is 0. The maximum Gasteiger partial charge on any atom is 0.189 e. The summed E-state index contributed by atoms with van der Waals surface area (Å²) in [6, 6.07) is 4.89. The van der Waals surface area contributed by atoms with Gasteiger partial charge in [0.25, 0.3) is 0 Å². The van der Waals surface area contributed by atoms with Crippen molar-refractivity contribution in [2.45, 2.75) is 37.5 Å². The first kappa shape index (κ1) is 18.3. The highest BCUT2D eigenvalue weighted by Crippen LogP contribution is 2.46. The summed E-state index contributed by atoms with van der Waals surface area (Å²) >= 11 is 1.62. The van der Waals surface area contributed by atoms with Crippen molar-refractivity contribution < 1.29 is 23.4 Å². The van der Waals surface area contributed by atoms with Gasteiger partial charge in [0.15, 0.2) is 12.6 Å². The summed E-state index contributed by atoms with van der Waals surface area (Å²) in [6.45, 7) is 4.19. The number of fused-ring (bicyclic) bond motifs is 1. The van der Waals surface area contributed by atoms with E-state index in [-0.39, 0.29) is 29.6 Å². The average molecular weight is 366 g/mol. The molecule has 0 aromatic heterocycles. The summed E-state index contributed by atoms with van der Waals surface area (Å²) in [6.07, 6.45) is 2.63. The molecule has 1 aliphatic heterocycles. The molecule has 0 spiro atoms. The van der Waals surface area contributed by atoms with E-state index in [1.807, 2.05) is 13.8 Å². The second-order valence-corrected chi connectivity index (χ2v) is 7.90. The summed E-state index contributed by atoms with van der Waals surface area (Å²) in [5, 5.41) is -0.140. The Morgan fingerprint density at radius 3 is 2.96 bits per heavy atom. The van der Waals surface area contributed by atoms with E-state index in [0.29, 0.717) is 29.9 Å². The number of methoxy groups -OCH3 is 1. The van der Waals surface area contributed by atoms with Crippen LogP contribution in [0.15, 0.2) is 30.0 Å². The molecule has 1 aliphatic carbocycles. The minimum Gasteiger partial charge on any atom is -0.497 e. The lowest BCUT2D eigenvalue weighted by Gasteiger charge is -2.38. The lowest BCUT2D eigenvalue weighted by atomic mass is 9.76. The van der Waals surface area contributed by atoms with E-state index in [4.69, 9.17) is 14.2 Å². The minimum atomic E-state index is -0.660. The number of thioether (sulfide) groups is 1. The van der Waals surface area contributed by atoms with Crippen LogP contribution < -0.4 is 4.74 Å². The van der Waals surface area contributed by atoms with E-state index in [9.17, 15) is 9.18 Å². The molecule has 136 valence electrons. The van der Waals surface area contributed by atoms with Crippen LogP contribution >= 0.6 is 11.8 Å². The number of carbonyl (C=O) groups is 1. The Hall–Kier alpha value is -1.53. The summed E-state index contributed by atoms with van der Waals surface area (Å²) in [4.78, 5) is 12.3. The SMILES string of the molecule is CCS[C@H]1C[C@]2([C@@H](C)Cc3ccc(OC)cc3F)OCOC2=CC1=O. The van der Waals surface area contributed by atoms with Crippen molar-refractivity contribution in [1.82, 2.24) is 0 Å². The molecule has 1 saturated heterocycles. The third-order valence-electron chi connectivity index (χ3n) is 4.98. The maximum absolute atomic E-state index is 14.3. The van der Waals surface area contributed by atoms with Crippen molar-refractivity contribution in [2.75, 3.05) is 19.7 Å². The molecule has 0 amide bonds. The predicted octanol–water partition coefficient (Wildman–Crippen LogP) is 3.73. The molecule has 0 saturated carbocycles. The highest BCUT2D eigenvalue weighted by atomic mass is 32.2. The number of carbonyl (C=O) groups excluding carboxylic acids is 1. The number of hydrogen-bond acceptors (Lipinski definition) is 5. The largest absolute Gasteiger partial charge is 0.497 e. The number of halogens is 1. The molecule has 6 heteroatoms. The third-order valence-corrected chi connectivity index (χ3v) is 6.11. The standard InChI is InChI=1S/C19H23FO4S/c1-4-25-17-10-19(18(9-16(17)21)23-11-24-19)12(2)7-13-5-6-14(22-3)8-15(13)20/h5-6,8-9,12,17H,4,7,10-11H2,1-3H3/t12-,17-,19+/m0/s1. The van der Waals surface area contributed by atoms with Crippen LogP contribution in [-0.2, 0) is 20.7 Å². The monoisotopic (exact) mass is 366 g/mol. The van der Waals surface area contributed by atoms with Crippen LogP contribution in [-0.4, -0.2) is 36.3 Å². The van der Waals surface area contributed by atoms with Crippen LogP contribution in [0.5, 0.6) is 5.75 Å². The Bertz CT molecular complexity index is 690. The predicted molar refractivity (Wildman–Crippen MR) is 95.2 cm³/mol. The van der Waals surface area contributed by atoms with E-state index < -0.39 is 5.60 Å². The Balaban J connectivity index is 1.85. The van der Waals surface area contributed by atoms with Crippen LogP contribution in [0.1, 0.15) is 25.8 Å². The van der Waals surface area contributed by atoms with E-state index >= 15 is 0 Å². The zero-order valence-corrected chi connectivity index (χ0v) is 15.5. The first-order valence-corrected chi connectivity index (χ1v) is 9.52. The third kappa shape index (κ3) is 3.42. The normalized spacial score (nSPS) is 26.6. The van der Waals surface area contributed by atoms with Gasteiger partial charge in [-0.25, -0.2) is 4.39 Å².